The highest BCUT2D eigenvalue weighted by Gasteiger charge is 2.10. The normalized spacial score (nSPS) is 22.3. The summed E-state index contributed by atoms with van der Waals surface area (Å²) in [5.74, 6) is 0.790. The van der Waals surface area contributed by atoms with Crippen LogP contribution in [-0.4, -0.2) is 26.2 Å². The minimum absolute atomic E-state index is 0.208. The SMILES string of the molecule is Cn1nnc(CC2=CC(N)CCCC2)n1. The van der Waals surface area contributed by atoms with E-state index in [0.29, 0.717) is 0 Å². The van der Waals surface area contributed by atoms with Crippen LogP contribution in [-0.2, 0) is 13.5 Å². The molecule has 5 nitrogen and oxygen atoms in total. The van der Waals surface area contributed by atoms with Crippen LogP contribution in [0.2, 0.25) is 0 Å². The van der Waals surface area contributed by atoms with E-state index in [4.69, 9.17) is 5.73 Å². The van der Waals surface area contributed by atoms with Gasteiger partial charge in [-0.1, -0.05) is 18.1 Å². The van der Waals surface area contributed by atoms with Gasteiger partial charge in [0.2, 0.25) is 0 Å². The molecule has 1 heterocycles. The van der Waals surface area contributed by atoms with Crippen LogP contribution in [0.5, 0.6) is 0 Å². The maximum absolute atomic E-state index is 5.95. The molecule has 2 N–H and O–H groups in total. The molecule has 82 valence electrons. The number of rotatable bonds is 2. The second-order valence-electron chi connectivity index (χ2n) is 4.11. The Labute approximate surface area is 89.3 Å². The Morgan fingerprint density at radius 3 is 3.13 bits per heavy atom. The minimum atomic E-state index is 0.208. The summed E-state index contributed by atoms with van der Waals surface area (Å²) in [7, 11) is 1.78. The molecule has 1 atom stereocenters. The van der Waals surface area contributed by atoms with Crippen LogP contribution in [0.3, 0.4) is 0 Å². The molecular weight excluding hydrogens is 190 g/mol. The van der Waals surface area contributed by atoms with Crippen LogP contribution in [0.1, 0.15) is 31.5 Å². The first-order valence-corrected chi connectivity index (χ1v) is 5.42. The van der Waals surface area contributed by atoms with Gasteiger partial charge in [0.1, 0.15) is 0 Å². The van der Waals surface area contributed by atoms with Crippen molar-refractivity contribution in [2.75, 3.05) is 0 Å². The fraction of sp³-hybridized carbons (Fsp3) is 0.700. The van der Waals surface area contributed by atoms with Gasteiger partial charge in [0.05, 0.1) is 7.05 Å². The first kappa shape index (κ1) is 10.3. The molecule has 5 heteroatoms. The van der Waals surface area contributed by atoms with E-state index in [0.717, 1.165) is 25.1 Å². The Balaban J connectivity index is 2.04. The molecule has 0 spiro atoms. The molecule has 1 aromatic rings. The lowest BCUT2D eigenvalue weighted by Gasteiger charge is -2.03. The maximum atomic E-state index is 5.95. The van der Waals surface area contributed by atoms with E-state index >= 15 is 0 Å². The van der Waals surface area contributed by atoms with Crippen molar-refractivity contribution >= 4 is 0 Å². The summed E-state index contributed by atoms with van der Waals surface area (Å²) < 4.78 is 0. The van der Waals surface area contributed by atoms with Gasteiger partial charge in [-0.3, -0.25) is 0 Å². The molecule has 0 saturated carbocycles. The third kappa shape index (κ3) is 2.86. The molecule has 0 bridgehead atoms. The number of hydrogen-bond donors (Lipinski definition) is 1. The van der Waals surface area contributed by atoms with Crippen LogP contribution in [0, 0.1) is 0 Å². The molecule has 1 aromatic heterocycles. The fourth-order valence-corrected chi connectivity index (χ4v) is 1.95. The number of aryl methyl sites for hydroxylation is 1. The van der Waals surface area contributed by atoms with Crippen LogP contribution in [0.25, 0.3) is 0 Å². The summed E-state index contributed by atoms with van der Waals surface area (Å²) in [5.41, 5.74) is 7.30. The minimum Gasteiger partial charge on any atom is -0.324 e. The van der Waals surface area contributed by atoms with Crippen molar-refractivity contribution in [3.05, 3.63) is 17.5 Å². The van der Waals surface area contributed by atoms with Crippen LogP contribution in [0.15, 0.2) is 11.6 Å². The Morgan fingerprint density at radius 2 is 2.40 bits per heavy atom. The summed E-state index contributed by atoms with van der Waals surface area (Å²) in [4.78, 5) is 1.49. The fourth-order valence-electron chi connectivity index (χ4n) is 1.95. The molecule has 0 saturated heterocycles. The van der Waals surface area contributed by atoms with Crippen molar-refractivity contribution in [2.24, 2.45) is 12.8 Å². The molecular formula is C10H17N5. The van der Waals surface area contributed by atoms with E-state index in [1.54, 1.807) is 7.05 Å². The number of allylic oxidation sites excluding steroid dienone is 1. The lowest BCUT2D eigenvalue weighted by Crippen LogP contribution is -2.16. The van der Waals surface area contributed by atoms with E-state index in [2.05, 4.69) is 21.5 Å². The summed E-state index contributed by atoms with van der Waals surface area (Å²) >= 11 is 0. The van der Waals surface area contributed by atoms with E-state index in [1.165, 1.54) is 23.2 Å². The first-order chi connectivity index (χ1) is 7.24. The second-order valence-corrected chi connectivity index (χ2v) is 4.11. The number of hydrogen-bond acceptors (Lipinski definition) is 4. The number of tetrazole rings is 1. The van der Waals surface area contributed by atoms with Crippen molar-refractivity contribution in [3.63, 3.8) is 0 Å². The van der Waals surface area contributed by atoms with Crippen molar-refractivity contribution in [3.8, 4) is 0 Å². The van der Waals surface area contributed by atoms with E-state index < -0.39 is 0 Å². The van der Waals surface area contributed by atoms with Gasteiger partial charge in [0.25, 0.3) is 0 Å². The largest absolute Gasteiger partial charge is 0.324 e. The molecule has 0 amide bonds. The predicted molar refractivity (Wildman–Crippen MR) is 57.0 cm³/mol. The van der Waals surface area contributed by atoms with Crippen LogP contribution in [0.4, 0.5) is 0 Å². The zero-order valence-electron chi connectivity index (χ0n) is 9.06. The average Bonchev–Trinajstić information content (AvgIpc) is 2.46. The number of nitrogens with two attached hydrogens (primary N) is 1. The Bertz CT molecular complexity index is 354. The summed E-state index contributed by atoms with van der Waals surface area (Å²) in [6, 6.07) is 0.208. The number of aromatic nitrogens is 4. The summed E-state index contributed by atoms with van der Waals surface area (Å²) in [6.07, 6.45) is 7.61. The summed E-state index contributed by atoms with van der Waals surface area (Å²) in [5, 5.41) is 12.0. The second kappa shape index (κ2) is 4.53. The van der Waals surface area contributed by atoms with Crippen molar-refractivity contribution in [2.45, 2.75) is 38.1 Å². The molecule has 0 aromatic carbocycles. The zero-order chi connectivity index (χ0) is 10.7. The quantitative estimate of drug-likeness (QED) is 0.720. The standard InChI is InChI=1S/C10H17N5/c1-15-13-10(12-14-15)7-8-4-2-3-5-9(11)6-8/h6,9H,2-5,7,11H2,1H3. The molecule has 0 radical (unpaired) electrons. The van der Waals surface area contributed by atoms with Gasteiger partial charge in [-0.15, -0.1) is 10.2 Å². The monoisotopic (exact) mass is 207 g/mol. The Morgan fingerprint density at radius 1 is 1.53 bits per heavy atom. The van der Waals surface area contributed by atoms with Gasteiger partial charge in [-0.25, -0.2) is 0 Å². The molecule has 2 rings (SSSR count). The van der Waals surface area contributed by atoms with Gasteiger partial charge in [-0.05, 0) is 24.5 Å². The molecule has 1 unspecified atom stereocenters. The van der Waals surface area contributed by atoms with Gasteiger partial charge >= 0.3 is 0 Å². The summed E-state index contributed by atoms with van der Waals surface area (Å²) in [6.45, 7) is 0. The highest BCUT2D eigenvalue weighted by Crippen LogP contribution is 2.18. The molecule has 0 aliphatic heterocycles. The highest BCUT2D eigenvalue weighted by atomic mass is 15.6. The molecule has 1 aliphatic rings. The molecule has 1 aliphatic carbocycles. The lowest BCUT2D eigenvalue weighted by atomic mass is 10.1. The van der Waals surface area contributed by atoms with Gasteiger partial charge in [-0.2, -0.15) is 4.80 Å². The van der Waals surface area contributed by atoms with Crippen molar-refractivity contribution in [1.82, 2.24) is 20.2 Å². The predicted octanol–water partition coefficient (Wildman–Crippen LogP) is 0.580. The van der Waals surface area contributed by atoms with Crippen molar-refractivity contribution < 1.29 is 0 Å². The Hall–Kier alpha value is -1.23. The van der Waals surface area contributed by atoms with E-state index in [9.17, 15) is 0 Å². The lowest BCUT2D eigenvalue weighted by molar-refractivity contribution is 0.627. The first-order valence-electron chi connectivity index (χ1n) is 5.42. The smallest absolute Gasteiger partial charge is 0.178 e. The van der Waals surface area contributed by atoms with E-state index in [1.807, 2.05) is 0 Å². The number of nitrogens with zero attached hydrogens (tertiary/aromatic N) is 4. The maximum Gasteiger partial charge on any atom is 0.178 e. The van der Waals surface area contributed by atoms with Crippen LogP contribution >= 0.6 is 0 Å². The van der Waals surface area contributed by atoms with Gasteiger partial charge in [0, 0.05) is 12.5 Å². The zero-order valence-corrected chi connectivity index (χ0v) is 9.06. The third-order valence-corrected chi connectivity index (χ3v) is 2.67. The molecule has 15 heavy (non-hydrogen) atoms. The third-order valence-electron chi connectivity index (χ3n) is 2.67. The van der Waals surface area contributed by atoms with Gasteiger partial charge in [0.15, 0.2) is 5.82 Å². The topological polar surface area (TPSA) is 69.6 Å². The van der Waals surface area contributed by atoms with E-state index in [-0.39, 0.29) is 6.04 Å². The molecule has 0 fully saturated rings. The van der Waals surface area contributed by atoms with Gasteiger partial charge < -0.3 is 5.73 Å². The van der Waals surface area contributed by atoms with Crippen molar-refractivity contribution in [1.29, 1.82) is 0 Å². The average molecular weight is 207 g/mol. The highest BCUT2D eigenvalue weighted by molar-refractivity contribution is 5.12. The van der Waals surface area contributed by atoms with Crippen LogP contribution < -0.4 is 5.73 Å². The Kier molecular flexibility index (Phi) is 3.11.